The fraction of sp³-hybridized carbons (Fsp3) is 0.222. The Labute approximate surface area is 162 Å². The van der Waals surface area contributed by atoms with E-state index in [4.69, 9.17) is 16.3 Å². The third-order valence-corrected chi connectivity index (χ3v) is 5.74. The molecule has 0 bridgehead atoms. The number of hydrogen-bond acceptors (Lipinski definition) is 5. The van der Waals surface area contributed by atoms with Crippen molar-refractivity contribution in [3.05, 3.63) is 53.1 Å². The Kier molecular flexibility index (Phi) is 6.59. The molecule has 0 aliphatic carbocycles. The number of hydrogen-bond donors (Lipinski definition) is 1. The molecule has 0 fully saturated rings. The maximum absolute atomic E-state index is 12.2. The zero-order valence-electron chi connectivity index (χ0n) is 15.0. The summed E-state index contributed by atoms with van der Waals surface area (Å²) in [5.41, 5.74) is 0.628. The number of nitrogens with one attached hydrogen (secondary N) is 1. The number of nitrogens with zero attached hydrogens (tertiary/aromatic N) is 1. The van der Waals surface area contributed by atoms with Gasteiger partial charge in [0.05, 0.1) is 15.6 Å². The summed E-state index contributed by atoms with van der Waals surface area (Å²) in [7, 11) is -0.844. The van der Waals surface area contributed by atoms with Crippen molar-refractivity contribution in [2.45, 2.75) is 11.8 Å². The Bertz CT molecular complexity index is 973. The van der Waals surface area contributed by atoms with E-state index < -0.39 is 15.9 Å². The molecule has 1 amide bonds. The molecule has 0 aliphatic heterocycles. The average Bonchev–Trinajstić information content (AvgIpc) is 2.61. The molecule has 27 heavy (non-hydrogen) atoms. The van der Waals surface area contributed by atoms with Crippen LogP contribution in [0.3, 0.4) is 0 Å². The minimum atomic E-state index is -3.66. The monoisotopic (exact) mass is 410 g/mol. The number of rotatable bonds is 7. The fourth-order valence-corrected chi connectivity index (χ4v) is 3.20. The van der Waals surface area contributed by atoms with Crippen molar-refractivity contribution in [3.63, 3.8) is 0 Å². The highest BCUT2D eigenvalue weighted by molar-refractivity contribution is 7.89. The lowest BCUT2D eigenvalue weighted by molar-refractivity contribution is -0.118. The molecule has 144 valence electrons. The van der Waals surface area contributed by atoms with Crippen LogP contribution in [0, 0.1) is 0 Å². The summed E-state index contributed by atoms with van der Waals surface area (Å²) in [6.45, 7) is 1.10. The molecule has 0 saturated heterocycles. The van der Waals surface area contributed by atoms with Crippen LogP contribution >= 0.6 is 11.6 Å². The highest BCUT2D eigenvalue weighted by atomic mass is 35.5. The minimum Gasteiger partial charge on any atom is -0.484 e. The number of carbonyl (C=O) groups is 2. The number of sulfonamides is 1. The molecule has 1 N–H and O–H groups in total. The Balaban J connectivity index is 2.10. The van der Waals surface area contributed by atoms with Gasteiger partial charge in [-0.05, 0) is 37.3 Å². The first-order valence-electron chi connectivity index (χ1n) is 7.87. The first-order chi connectivity index (χ1) is 12.6. The molecule has 9 heteroatoms. The Morgan fingerprint density at radius 3 is 2.48 bits per heavy atom. The normalized spacial score (nSPS) is 11.3. The molecule has 2 aromatic rings. The lowest BCUT2D eigenvalue weighted by Gasteiger charge is -2.14. The summed E-state index contributed by atoms with van der Waals surface area (Å²) in [6, 6.07) is 10.5. The minimum absolute atomic E-state index is 0.00211. The van der Waals surface area contributed by atoms with E-state index in [9.17, 15) is 18.0 Å². The SMILES string of the molecule is CC(=O)c1cccc(OCC(=O)Nc2cc(S(=O)(=O)N(C)C)ccc2Cl)c1. The molecule has 0 radical (unpaired) electrons. The van der Waals surface area contributed by atoms with E-state index in [1.165, 1.54) is 45.3 Å². The molecular weight excluding hydrogens is 392 g/mol. The first kappa shape index (κ1) is 20.9. The molecule has 2 rings (SSSR count). The predicted molar refractivity (Wildman–Crippen MR) is 103 cm³/mol. The van der Waals surface area contributed by atoms with Crippen LogP contribution in [0.25, 0.3) is 0 Å². The van der Waals surface area contributed by atoms with Gasteiger partial charge < -0.3 is 10.1 Å². The summed E-state index contributed by atoms with van der Waals surface area (Å²) in [6.07, 6.45) is 0. The van der Waals surface area contributed by atoms with Crippen molar-refractivity contribution < 1.29 is 22.7 Å². The average molecular weight is 411 g/mol. The molecule has 2 aromatic carbocycles. The molecule has 0 atom stereocenters. The number of amides is 1. The van der Waals surface area contributed by atoms with Crippen LogP contribution in [-0.2, 0) is 14.8 Å². The molecule has 0 saturated carbocycles. The van der Waals surface area contributed by atoms with Crippen molar-refractivity contribution in [2.75, 3.05) is 26.0 Å². The number of ketones is 1. The van der Waals surface area contributed by atoms with Crippen LogP contribution in [0.15, 0.2) is 47.4 Å². The smallest absolute Gasteiger partial charge is 0.262 e. The molecule has 0 aliphatic rings. The van der Waals surface area contributed by atoms with E-state index in [1.54, 1.807) is 18.2 Å². The van der Waals surface area contributed by atoms with E-state index in [0.29, 0.717) is 11.3 Å². The highest BCUT2D eigenvalue weighted by Crippen LogP contribution is 2.26. The maximum Gasteiger partial charge on any atom is 0.262 e. The van der Waals surface area contributed by atoms with E-state index >= 15 is 0 Å². The van der Waals surface area contributed by atoms with E-state index in [1.807, 2.05) is 0 Å². The van der Waals surface area contributed by atoms with Crippen LogP contribution < -0.4 is 10.1 Å². The molecular formula is C18H19ClN2O5S. The predicted octanol–water partition coefficient (Wildman–Crippen LogP) is 2.81. The zero-order valence-corrected chi connectivity index (χ0v) is 16.6. The highest BCUT2D eigenvalue weighted by Gasteiger charge is 2.19. The quantitative estimate of drug-likeness (QED) is 0.708. The lowest BCUT2D eigenvalue weighted by Crippen LogP contribution is -2.23. The van der Waals surface area contributed by atoms with Gasteiger partial charge >= 0.3 is 0 Å². The summed E-state index contributed by atoms with van der Waals surface area (Å²) in [5, 5.41) is 2.72. The van der Waals surface area contributed by atoms with Crippen LogP contribution in [0.5, 0.6) is 5.75 Å². The van der Waals surface area contributed by atoms with Crippen LogP contribution in [-0.4, -0.2) is 45.1 Å². The summed E-state index contributed by atoms with van der Waals surface area (Å²) in [5.74, 6) is -0.270. The number of carbonyl (C=O) groups excluding carboxylic acids is 2. The van der Waals surface area contributed by atoms with Gasteiger partial charge in [-0.15, -0.1) is 0 Å². The zero-order chi connectivity index (χ0) is 20.2. The number of Topliss-reactive ketones (excluding diaryl/α,β-unsaturated/α-hetero) is 1. The van der Waals surface area contributed by atoms with Crippen LogP contribution in [0.2, 0.25) is 5.02 Å². The van der Waals surface area contributed by atoms with Gasteiger partial charge in [-0.25, -0.2) is 12.7 Å². The fourth-order valence-electron chi connectivity index (χ4n) is 2.11. The van der Waals surface area contributed by atoms with E-state index in [0.717, 1.165) is 4.31 Å². The summed E-state index contributed by atoms with van der Waals surface area (Å²) < 4.78 is 30.8. The number of halogens is 1. The van der Waals surface area contributed by atoms with Gasteiger partial charge in [0.25, 0.3) is 5.91 Å². The Hall–Kier alpha value is -2.42. The Morgan fingerprint density at radius 1 is 1.15 bits per heavy atom. The number of ether oxygens (including phenoxy) is 1. The van der Waals surface area contributed by atoms with Gasteiger partial charge in [-0.2, -0.15) is 0 Å². The molecule has 0 unspecified atom stereocenters. The maximum atomic E-state index is 12.2. The van der Waals surface area contributed by atoms with Crippen molar-refractivity contribution in [2.24, 2.45) is 0 Å². The van der Waals surface area contributed by atoms with Gasteiger partial charge in [-0.1, -0.05) is 23.7 Å². The Morgan fingerprint density at radius 2 is 1.85 bits per heavy atom. The van der Waals surface area contributed by atoms with Gasteiger partial charge in [0.15, 0.2) is 12.4 Å². The molecule has 0 spiro atoms. The second-order valence-electron chi connectivity index (χ2n) is 5.85. The second kappa shape index (κ2) is 8.51. The lowest BCUT2D eigenvalue weighted by atomic mass is 10.1. The third-order valence-electron chi connectivity index (χ3n) is 3.60. The standard InChI is InChI=1S/C18H19ClN2O5S/c1-12(22)13-5-4-6-14(9-13)26-11-18(23)20-17-10-15(7-8-16(17)19)27(24,25)21(2)3/h4-10H,11H2,1-3H3,(H,20,23). The van der Waals surface area contributed by atoms with Gasteiger partial charge in [0.1, 0.15) is 5.75 Å². The van der Waals surface area contributed by atoms with Gasteiger partial charge in [-0.3, -0.25) is 9.59 Å². The van der Waals surface area contributed by atoms with Crippen molar-refractivity contribution in [1.29, 1.82) is 0 Å². The third kappa shape index (κ3) is 5.29. The molecule has 7 nitrogen and oxygen atoms in total. The number of anilines is 1. The van der Waals surface area contributed by atoms with E-state index in [2.05, 4.69) is 5.32 Å². The second-order valence-corrected chi connectivity index (χ2v) is 8.41. The topological polar surface area (TPSA) is 92.8 Å². The largest absolute Gasteiger partial charge is 0.484 e. The van der Waals surface area contributed by atoms with E-state index in [-0.39, 0.29) is 28.0 Å². The van der Waals surface area contributed by atoms with Crippen molar-refractivity contribution >= 4 is 39.0 Å². The van der Waals surface area contributed by atoms with Crippen molar-refractivity contribution in [3.8, 4) is 5.75 Å². The van der Waals surface area contributed by atoms with Crippen molar-refractivity contribution in [1.82, 2.24) is 4.31 Å². The van der Waals surface area contributed by atoms with Crippen LogP contribution in [0.4, 0.5) is 5.69 Å². The van der Waals surface area contributed by atoms with Gasteiger partial charge in [0, 0.05) is 19.7 Å². The summed E-state index contributed by atoms with van der Waals surface area (Å²) >= 11 is 6.04. The van der Waals surface area contributed by atoms with Gasteiger partial charge in [0.2, 0.25) is 10.0 Å². The van der Waals surface area contributed by atoms with Crippen LogP contribution in [0.1, 0.15) is 17.3 Å². The molecule has 0 aromatic heterocycles. The number of benzene rings is 2. The molecule has 0 heterocycles. The first-order valence-corrected chi connectivity index (χ1v) is 9.69. The summed E-state index contributed by atoms with van der Waals surface area (Å²) in [4.78, 5) is 23.5.